The molecule has 12 heteroatoms. The molecule has 0 radical (unpaired) electrons. The van der Waals surface area contributed by atoms with Crippen molar-refractivity contribution in [1.82, 2.24) is 14.9 Å². The van der Waals surface area contributed by atoms with Crippen LogP contribution in [0.15, 0.2) is 15.8 Å². The van der Waals surface area contributed by atoms with Crippen molar-refractivity contribution in [2.24, 2.45) is 0 Å². The zero-order valence-electron chi connectivity index (χ0n) is 17.9. The molecule has 2 heterocycles. The molecule has 1 aliphatic heterocycles. The maximum absolute atomic E-state index is 13.1. The number of hydrogen-bond acceptors (Lipinski definition) is 6. The van der Waals surface area contributed by atoms with Crippen LogP contribution in [0.25, 0.3) is 0 Å². The molecule has 3 atom stereocenters. The van der Waals surface area contributed by atoms with Gasteiger partial charge in [-0.3, -0.25) is 14.3 Å². The van der Waals surface area contributed by atoms with E-state index in [1.54, 1.807) is 4.98 Å². The van der Waals surface area contributed by atoms with Crippen molar-refractivity contribution in [3.8, 4) is 12.3 Å². The second kappa shape index (κ2) is 10.9. The number of terminal acetylenes is 1. The van der Waals surface area contributed by atoms with Gasteiger partial charge < -0.3 is 19.5 Å². The Bertz CT molecular complexity index is 975. The summed E-state index contributed by atoms with van der Waals surface area (Å²) >= 11 is 0. The summed E-state index contributed by atoms with van der Waals surface area (Å²) in [5.74, 6) is 2.28. The lowest BCUT2D eigenvalue weighted by molar-refractivity contribution is -0.139. The average Bonchev–Trinajstić information content (AvgIpc) is 2.96. The number of H-pyrrole nitrogens is 1. The number of ether oxygens (including phenoxy) is 3. The molecule has 1 aliphatic carbocycles. The number of aromatic amines is 1. The van der Waals surface area contributed by atoms with Crippen LogP contribution in [-0.4, -0.2) is 47.1 Å². The summed E-state index contributed by atoms with van der Waals surface area (Å²) in [6, 6.07) is 0.0197. The number of carbonyl (C=O) groups excluding carboxylic acids is 1. The summed E-state index contributed by atoms with van der Waals surface area (Å²) in [7, 11) is 0. The molecule has 1 aromatic heterocycles. The molecule has 0 unspecified atom stereocenters. The van der Waals surface area contributed by atoms with Gasteiger partial charge in [-0.05, 0) is 12.8 Å². The van der Waals surface area contributed by atoms with Crippen LogP contribution in [0.3, 0.4) is 0 Å². The Morgan fingerprint density at radius 3 is 2.61 bits per heavy atom. The zero-order chi connectivity index (χ0) is 24.0. The van der Waals surface area contributed by atoms with Gasteiger partial charge in [0.1, 0.15) is 31.1 Å². The molecular formula is C21H26F3N3O6. The number of alkyl carbamates (subject to hydrolysis) is 1. The number of rotatable bonds is 6. The van der Waals surface area contributed by atoms with Crippen LogP contribution in [0.1, 0.15) is 56.7 Å². The molecule has 33 heavy (non-hydrogen) atoms. The summed E-state index contributed by atoms with van der Waals surface area (Å²) in [5.41, 5.74) is -4.15. The quantitative estimate of drug-likeness (QED) is 0.485. The molecule has 182 valence electrons. The van der Waals surface area contributed by atoms with Gasteiger partial charge in [-0.1, -0.05) is 31.6 Å². The fourth-order valence-electron chi connectivity index (χ4n) is 4.04. The Morgan fingerprint density at radius 2 is 1.97 bits per heavy atom. The van der Waals surface area contributed by atoms with Crippen molar-refractivity contribution in [2.75, 3.05) is 13.2 Å². The molecular weight excluding hydrogens is 447 g/mol. The first-order chi connectivity index (χ1) is 15.7. The molecule has 1 saturated carbocycles. The van der Waals surface area contributed by atoms with Crippen molar-refractivity contribution in [3.05, 3.63) is 32.6 Å². The first-order valence-electron chi connectivity index (χ1n) is 10.8. The Hall–Kier alpha value is -2.78. The lowest BCUT2D eigenvalue weighted by Gasteiger charge is -2.20. The van der Waals surface area contributed by atoms with Crippen LogP contribution in [0.4, 0.5) is 18.0 Å². The van der Waals surface area contributed by atoms with Crippen molar-refractivity contribution >= 4 is 6.09 Å². The van der Waals surface area contributed by atoms with Gasteiger partial charge in [0.05, 0.1) is 6.10 Å². The molecule has 1 aromatic rings. The molecule has 2 aliphatic rings. The topological polar surface area (TPSA) is 112 Å². The van der Waals surface area contributed by atoms with Crippen molar-refractivity contribution < 1.29 is 32.2 Å². The number of halogens is 3. The summed E-state index contributed by atoms with van der Waals surface area (Å²) in [4.78, 5) is 37.6. The molecule has 0 aromatic carbocycles. The second-order valence-corrected chi connectivity index (χ2v) is 8.06. The van der Waals surface area contributed by atoms with E-state index >= 15 is 0 Å². The lowest BCUT2D eigenvalue weighted by Crippen LogP contribution is -2.38. The minimum Gasteiger partial charge on any atom is -0.447 e. The SMILES string of the molecule is C#CCO[C@H]1C[C@H](n2cc(C(F)(F)F)c(=O)[nH]c2=O)O[C@@H]1COC(=O)NC1CCCCCC1. The molecule has 1 amide bonds. The van der Waals surface area contributed by atoms with E-state index in [0.717, 1.165) is 38.5 Å². The van der Waals surface area contributed by atoms with Gasteiger partial charge in [-0.25, -0.2) is 9.59 Å². The van der Waals surface area contributed by atoms with Gasteiger partial charge in [0.15, 0.2) is 0 Å². The maximum Gasteiger partial charge on any atom is 0.423 e. The van der Waals surface area contributed by atoms with E-state index in [2.05, 4.69) is 11.2 Å². The van der Waals surface area contributed by atoms with Crippen LogP contribution >= 0.6 is 0 Å². The highest BCUT2D eigenvalue weighted by Gasteiger charge is 2.40. The number of alkyl halides is 3. The van der Waals surface area contributed by atoms with Gasteiger partial charge in [0.2, 0.25) is 0 Å². The van der Waals surface area contributed by atoms with E-state index in [1.165, 1.54) is 0 Å². The summed E-state index contributed by atoms with van der Waals surface area (Å²) in [6.07, 6.45) is 3.20. The molecule has 3 rings (SSSR count). The van der Waals surface area contributed by atoms with Gasteiger partial charge in [-0.15, -0.1) is 6.42 Å². The third-order valence-corrected chi connectivity index (χ3v) is 5.70. The van der Waals surface area contributed by atoms with Crippen LogP contribution in [0, 0.1) is 12.3 Å². The first-order valence-corrected chi connectivity index (χ1v) is 10.8. The summed E-state index contributed by atoms with van der Waals surface area (Å²) in [5, 5.41) is 2.81. The Morgan fingerprint density at radius 1 is 1.27 bits per heavy atom. The Balaban J connectivity index is 1.68. The first kappa shape index (κ1) is 24.9. The number of aromatic nitrogens is 2. The van der Waals surface area contributed by atoms with E-state index < -0.39 is 47.5 Å². The Kier molecular flexibility index (Phi) is 8.20. The molecule has 0 bridgehead atoms. The van der Waals surface area contributed by atoms with Crippen molar-refractivity contribution in [2.45, 2.75) is 75.6 Å². The molecule has 1 saturated heterocycles. The average molecular weight is 473 g/mol. The zero-order valence-corrected chi connectivity index (χ0v) is 17.9. The van der Waals surface area contributed by atoms with E-state index in [4.69, 9.17) is 20.6 Å². The third kappa shape index (κ3) is 6.61. The largest absolute Gasteiger partial charge is 0.447 e. The van der Waals surface area contributed by atoms with Gasteiger partial charge in [0, 0.05) is 18.7 Å². The maximum atomic E-state index is 13.1. The van der Waals surface area contributed by atoms with E-state index in [0.29, 0.717) is 10.8 Å². The van der Waals surface area contributed by atoms with Crippen LogP contribution in [-0.2, 0) is 20.4 Å². The minimum absolute atomic E-state index is 0.0197. The summed E-state index contributed by atoms with van der Waals surface area (Å²) in [6.45, 7) is -0.367. The third-order valence-electron chi connectivity index (χ3n) is 5.70. The highest BCUT2D eigenvalue weighted by Crippen LogP contribution is 2.32. The van der Waals surface area contributed by atoms with Crippen molar-refractivity contribution in [1.29, 1.82) is 0 Å². The van der Waals surface area contributed by atoms with Gasteiger partial charge in [-0.2, -0.15) is 13.2 Å². The van der Waals surface area contributed by atoms with Crippen molar-refractivity contribution in [3.63, 3.8) is 0 Å². The Labute approximate surface area is 187 Å². The number of nitrogens with one attached hydrogen (secondary N) is 2. The fourth-order valence-corrected chi connectivity index (χ4v) is 4.04. The van der Waals surface area contributed by atoms with E-state index in [1.807, 2.05) is 0 Å². The van der Waals surface area contributed by atoms with Crippen LogP contribution in [0.2, 0.25) is 0 Å². The summed E-state index contributed by atoms with van der Waals surface area (Å²) < 4.78 is 56.4. The number of carbonyl (C=O) groups is 1. The smallest absolute Gasteiger partial charge is 0.423 e. The van der Waals surface area contributed by atoms with Crippen LogP contribution in [0.5, 0.6) is 0 Å². The van der Waals surface area contributed by atoms with Gasteiger partial charge >= 0.3 is 18.0 Å². The van der Waals surface area contributed by atoms with Gasteiger partial charge in [0.25, 0.3) is 5.56 Å². The fraction of sp³-hybridized carbons (Fsp3) is 0.667. The number of hydrogen-bond donors (Lipinski definition) is 2. The number of nitrogens with zero attached hydrogens (tertiary/aromatic N) is 1. The van der Waals surface area contributed by atoms with Crippen LogP contribution < -0.4 is 16.6 Å². The highest BCUT2D eigenvalue weighted by atomic mass is 19.4. The molecule has 0 spiro atoms. The van der Waals surface area contributed by atoms with E-state index in [-0.39, 0.29) is 25.7 Å². The van der Waals surface area contributed by atoms with E-state index in [9.17, 15) is 27.6 Å². The minimum atomic E-state index is -4.96. The predicted molar refractivity (Wildman–Crippen MR) is 109 cm³/mol. The molecule has 9 nitrogen and oxygen atoms in total. The highest BCUT2D eigenvalue weighted by molar-refractivity contribution is 5.67. The molecule has 2 fully saturated rings. The second-order valence-electron chi connectivity index (χ2n) is 8.06. The molecule has 2 N–H and O–H groups in total. The standard InChI is InChI=1S/C21H26F3N3O6/c1-2-9-31-15-10-17(27-11-14(21(22,23)24)18(28)26-19(27)29)33-16(15)12-32-20(30)25-13-7-5-3-4-6-8-13/h1,11,13,15-17H,3-10,12H2,(H,25,30)(H,26,28,29)/t15-,16+,17+/m0/s1. The lowest BCUT2D eigenvalue weighted by atomic mass is 10.1. The predicted octanol–water partition coefficient (Wildman–Crippen LogP) is 2.31. The number of amides is 1. The monoisotopic (exact) mass is 473 g/mol. The normalized spacial score (nSPS) is 24.1.